The van der Waals surface area contributed by atoms with Crippen molar-refractivity contribution in [1.29, 1.82) is 0 Å². The highest BCUT2D eigenvalue weighted by Gasteiger charge is 2.19. The lowest BCUT2D eigenvalue weighted by Crippen LogP contribution is -2.40. The van der Waals surface area contributed by atoms with E-state index in [1.54, 1.807) is 36.1 Å². The molecule has 2 aromatic rings. The Morgan fingerprint density at radius 2 is 1.81 bits per heavy atom. The molecule has 27 heavy (non-hydrogen) atoms. The lowest BCUT2D eigenvalue weighted by molar-refractivity contribution is -0.122. The van der Waals surface area contributed by atoms with Gasteiger partial charge in [-0.15, -0.1) is 0 Å². The van der Waals surface area contributed by atoms with Gasteiger partial charge in [-0.05, 0) is 55.8 Å². The maximum atomic E-state index is 12.4. The quantitative estimate of drug-likeness (QED) is 0.881. The lowest BCUT2D eigenvalue weighted by Gasteiger charge is -2.26. The summed E-state index contributed by atoms with van der Waals surface area (Å²) >= 11 is 0. The molecule has 1 unspecified atom stereocenters. The molecule has 3 rings (SSSR count). The van der Waals surface area contributed by atoms with Crippen molar-refractivity contribution < 1.29 is 19.1 Å². The summed E-state index contributed by atoms with van der Waals surface area (Å²) in [6, 6.07) is 14.5. The summed E-state index contributed by atoms with van der Waals surface area (Å²) in [7, 11) is 0. The molecule has 1 aliphatic rings. The Kier molecular flexibility index (Phi) is 6.08. The molecule has 1 heterocycles. The van der Waals surface area contributed by atoms with Gasteiger partial charge in [-0.1, -0.05) is 12.1 Å². The number of nitrogens with zero attached hydrogens (tertiary/aromatic N) is 1. The molecule has 6 nitrogen and oxygen atoms in total. The predicted molar refractivity (Wildman–Crippen MR) is 103 cm³/mol. The molecule has 2 aromatic carbocycles. The summed E-state index contributed by atoms with van der Waals surface area (Å²) in [5.74, 6) is 0.389. The fraction of sp³-hybridized carbons (Fsp3) is 0.333. The number of aryl methyl sites for hydroxylation is 1. The fourth-order valence-corrected chi connectivity index (χ4v) is 2.84. The van der Waals surface area contributed by atoms with E-state index in [-0.39, 0.29) is 11.8 Å². The van der Waals surface area contributed by atoms with Gasteiger partial charge in [0.2, 0.25) is 0 Å². The van der Waals surface area contributed by atoms with E-state index in [1.165, 1.54) is 0 Å². The Morgan fingerprint density at radius 3 is 2.48 bits per heavy atom. The molecule has 0 radical (unpaired) electrons. The number of rotatable bonds is 5. The number of amides is 2. The molecule has 6 heteroatoms. The second-order valence-corrected chi connectivity index (χ2v) is 6.55. The molecule has 0 aromatic heterocycles. The molecule has 1 atom stereocenters. The Labute approximate surface area is 159 Å². The predicted octanol–water partition coefficient (Wildman–Crippen LogP) is 2.87. The first-order valence-corrected chi connectivity index (χ1v) is 9.04. The van der Waals surface area contributed by atoms with Crippen LogP contribution in [0.15, 0.2) is 48.5 Å². The highest BCUT2D eigenvalue weighted by molar-refractivity contribution is 5.96. The topological polar surface area (TPSA) is 67.9 Å². The van der Waals surface area contributed by atoms with Crippen molar-refractivity contribution in [2.75, 3.05) is 31.6 Å². The van der Waals surface area contributed by atoms with Crippen molar-refractivity contribution in [1.82, 2.24) is 4.90 Å². The van der Waals surface area contributed by atoms with Crippen molar-refractivity contribution in [2.24, 2.45) is 0 Å². The molecular formula is C21H24N2O4. The lowest BCUT2D eigenvalue weighted by atomic mass is 10.1. The van der Waals surface area contributed by atoms with Crippen molar-refractivity contribution in [3.8, 4) is 5.75 Å². The number of anilines is 1. The first-order chi connectivity index (χ1) is 13.0. The third-order valence-electron chi connectivity index (χ3n) is 4.37. The van der Waals surface area contributed by atoms with E-state index in [4.69, 9.17) is 9.47 Å². The smallest absolute Gasteiger partial charge is 0.265 e. The van der Waals surface area contributed by atoms with Crippen LogP contribution in [0.3, 0.4) is 0 Å². The van der Waals surface area contributed by atoms with Gasteiger partial charge >= 0.3 is 0 Å². The van der Waals surface area contributed by atoms with Crippen LogP contribution >= 0.6 is 0 Å². The van der Waals surface area contributed by atoms with E-state index in [9.17, 15) is 9.59 Å². The van der Waals surface area contributed by atoms with Crippen LogP contribution in [0.2, 0.25) is 0 Å². The molecule has 1 saturated heterocycles. The molecule has 1 aliphatic heterocycles. The van der Waals surface area contributed by atoms with Crippen LogP contribution in [0.25, 0.3) is 0 Å². The van der Waals surface area contributed by atoms with E-state index in [0.717, 1.165) is 5.56 Å². The Bertz CT molecular complexity index is 798. The van der Waals surface area contributed by atoms with Crippen LogP contribution in [0.1, 0.15) is 22.8 Å². The zero-order valence-electron chi connectivity index (χ0n) is 15.6. The summed E-state index contributed by atoms with van der Waals surface area (Å²) in [6.45, 7) is 6.01. The van der Waals surface area contributed by atoms with Crippen molar-refractivity contribution >= 4 is 17.5 Å². The first kappa shape index (κ1) is 18.9. The second-order valence-electron chi connectivity index (χ2n) is 6.55. The van der Waals surface area contributed by atoms with Crippen molar-refractivity contribution in [3.05, 3.63) is 59.7 Å². The minimum Gasteiger partial charge on any atom is -0.481 e. The minimum absolute atomic E-state index is 0.0210. The van der Waals surface area contributed by atoms with Gasteiger partial charge in [-0.2, -0.15) is 0 Å². The fourth-order valence-electron chi connectivity index (χ4n) is 2.84. The zero-order chi connectivity index (χ0) is 19.2. The van der Waals surface area contributed by atoms with E-state index < -0.39 is 6.10 Å². The monoisotopic (exact) mass is 368 g/mol. The SMILES string of the molecule is Cc1cccc(OC(C)C(=O)Nc2ccc(C(=O)N3CCOCC3)cc2)c1. The Balaban J connectivity index is 1.57. The summed E-state index contributed by atoms with van der Waals surface area (Å²) in [6.07, 6.45) is -0.638. The van der Waals surface area contributed by atoms with Crippen LogP contribution in [0.4, 0.5) is 5.69 Å². The maximum absolute atomic E-state index is 12.4. The van der Waals surface area contributed by atoms with E-state index in [0.29, 0.717) is 43.3 Å². The molecule has 0 aliphatic carbocycles. The molecule has 0 bridgehead atoms. The molecular weight excluding hydrogens is 344 g/mol. The van der Waals surface area contributed by atoms with E-state index in [1.807, 2.05) is 31.2 Å². The summed E-state index contributed by atoms with van der Waals surface area (Å²) in [4.78, 5) is 26.6. The van der Waals surface area contributed by atoms with Crippen LogP contribution < -0.4 is 10.1 Å². The first-order valence-electron chi connectivity index (χ1n) is 9.04. The molecule has 1 N–H and O–H groups in total. The van der Waals surface area contributed by atoms with Gasteiger partial charge < -0.3 is 19.7 Å². The molecule has 2 amide bonds. The van der Waals surface area contributed by atoms with Gasteiger partial charge in [0.05, 0.1) is 13.2 Å². The standard InChI is InChI=1S/C21H24N2O4/c1-15-4-3-5-19(14-15)27-16(2)20(24)22-18-8-6-17(7-9-18)21(25)23-10-12-26-13-11-23/h3-9,14,16H,10-13H2,1-2H3,(H,22,24). The normalized spacial score (nSPS) is 15.1. The van der Waals surface area contributed by atoms with Gasteiger partial charge in [0.25, 0.3) is 11.8 Å². The Morgan fingerprint density at radius 1 is 1.11 bits per heavy atom. The minimum atomic E-state index is -0.638. The number of carbonyl (C=O) groups excluding carboxylic acids is 2. The van der Waals surface area contributed by atoms with Gasteiger partial charge in [0.1, 0.15) is 5.75 Å². The average molecular weight is 368 g/mol. The van der Waals surface area contributed by atoms with Crippen LogP contribution in [-0.2, 0) is 9.53 Å². The van der Waals surface area contributed by atoms with E-state index in [2.05, 4.69) is 5.32 Å². The number of ether oxygens (including phenoxy) is 2. The van der Waals surface area contributed by atoms with Crippen LogP contribution in [0, 0.1) is 6.92 Å². The number of nitrogens with one attached hydrogen (secondary N) is 1. The van der Waals surface area contributed by atoms with Gasteiger partial charge in [0, 0.05) is 24.3 Å². The number of carbonyl (C=O) groups is 2. The molecule has 0 spiro atoms. The summed E-state index contributed by atoms with van der Waals surface area (Å²) in [5, 5.41) is 2.81. The van der Waals surface area contributed by atoms with Gasteiger partial charge in [-0.3, -0.25) is 9.59 Å². The van der Waals surface area contributed by atoms with Crippen molar-refractivity contribution in [2.45, 2.75) is 20.0 Å². The van der Waals surface area contributed by atoms with E-state index >= 15 is 0 Å². The zero-order valence-corrected chi connectivity index (χ0v) is 15.6. The van der Waals surface area contributed by atoms with Crippen LogP contribution in [-0.4, -0.2) is 49.1 Å². The average Bonchev–Trinajstić information content (AvgIpc) is 2.68. The highest BCUT2D eigenvalue weighted by atomic mass is 16.5. The summed E-state index contributed by atoms with van der Waals surface area (Å²) in [5.41, 5.74) is 2.29. The number of benzene rings is 2. The summed E-state index contributed by atoms with van der Waals surface area (Å²) < 4.78 is 11.0. The Hall–Kier alpha value is -2.86. The number of morpholine rings is 1. The molecule has 0 saturated carbocycles. The number of hydrogen-bond donors (Lipinski definition) is 1. The largest absolute Gasteiger partial charge is 0.481 e. The second kappa shape index (κ2) is 8.68. The molecule has 1 fully saturated rings. The number of hydrogen-bond acceptors (Lipinski definition) is 4. The third kappa shape index (κ3) is 5.08. The van der Waals surface area contributed by atoms with Gasteiger partial charge in [0.15, 0.2) is 6.10 Å². The maximum Gasteiger partial charge on any atom is 0.265 e. The third-order valence-corrected chi connectivity index (χ3v) is 4.37. The van der Waals surface area contributed by atoms with Crippen molar-refractivity contribution in [3.63, 3.8) is 0 Å². The van der Waals surface area contributed by atoms with Crippen LogP contribution in [0.5, 0.6) is 5.75 Å². The van der Waals surface area contributed by atoms with Gasteiger partial charge in [-0.25, -0.2) is 0 Å². The highest BCUT2D eigenvalue weighted by Crippen LogP contribution is 2.16. The molecule has 142 valence electrons.